The number of nitrogens with zero attached hydrogens (tertiary/aromatic N) is 2. The first-order chi connectivity index (χ1) is 15.0. The Kier molecular flexibility index (Phi) is 7.18. The second-order valence-corrected chi connectivity index (χ2v) is 7.70. The summed E-state index contributed by atoms with van der Waals surface area (Å²) >= 11 is 11.4. The lowest BCUT2D eigenvalue weighted by Gasteiger charge is -2.31. The molecule has 1 aliphatic rings. The molecule has 1 aliphatic heterocycles. The quantitative estimate of drug-likeness (QED) is 0.315. The van der Waals surface area contributed by atoms with E-state index < -0.39 is 45.4 Å². The number of amidine groups is 1. The van der Waals surface area contributed by atoms with Crippen molar-refractivity contribution in [3.63, 3.8) is 0 Å². The Bertz CT molecular complexity index is 1010. The zero-order valence-corrected chi connectivity index (χ0v) is 18.2. The minimum absolute atomic E-state index is 0.121. The van der Waals surface area contributed by atoms with Crippen LogP contribution in [-0.2, 0) is 21.7 Å². The van der Waals surface area contributed by atoms with Gasteiger partial charge < -0.3 is 20.2 Å². The van der Waals surface area contributed by atoms with Crippen LogP contribution >= 0.6 is 23.2 Å². The van der Waals surface area contributed by atoms with Crippen LogP contribution in [0.15, 0.2) is 35.5 Å². The average Bonchev–Trinajstić information content (AvgIpc) is 3.19. The summed E-state index contributed by atoms with van der Waals surface area (Å²) in [6.45, 7) is 1.64. The SMILES string of the molecule is CCOCN(C1=NOC(c2cc(Cl)c(F)c(Cl)c2)(C(F)(F)F)C1)c1ccc(F)c(CN)c1. The maximum Gasteiger partial charge on any atom is 0.435 e. The lowest BCUT2D eigenvalue weighted by atomic mass is 9.89. The number of alkyl halides is 3. The molecule has 1 heterocycles. The molecule has 12 heteroatoms. The van der Waals surface area contributed by atoms with Crippen LogP contribution in [0.5, 0.6) is 0 Å². The van der Waals surface area contributed by atoms with E-state index >= 15 is 0 Å². The summed E-state index contributed by atoms with van der Waals surface area (Å²) in [6, 6.07) is 5.48. The third-order valence-electron chi connectivity index (χ3n) is 4.92. The number of rotatable bonds is 6. The number of halogens is 7. The van der Waals surface area contributed by atoms with Crippen LogP contribution in [0.2, 0.25) is 10.0 Å². The van der Waals surface area contributed by atoms with Gasteiger partial charge >= 0.3 is 6.18 Å². The van der Waals surface area contributed by atoms with Crippen LogP contribution in [0.4, 0.5) is 27.6 Å². The second kappa shape index (κ2) is 9.38. The standard InChI is InChI=1S/C20H18Cl2F5N3O2/c1-2-31-10-30(13-3-4-16(23)11(5-13)9-28)17-8-19(32-29-17,20(25,26)27)12-6-14(21)18(24)15(22)7-12/h3-7H,2,8-10,28H2,1H3. The molecule has 0 amide bonds. The van der Waals surface area contributed by atoms with E-state index in [2.05, 4.69) is 5.16 Å². The molecule has 0 saturated carbocycles. The maximum absolute atomic E-state index is 14.2. The maximum atomic E-state index is 14.2. The van der Waals surface area contributed by atoms with E-state index in [-0.39, 0.29) is 31.3 Å². The van der Waals surface area contributed by atoms with E-state index in [0.717, 1.165) is 18.2 Å². The van der Waals surface area contributed by atoms with Gasteiger partial charge in [-0.25, -0.2) is 8.78 Å². The topological polar surface area (TPSA) is 60.1 Å². The molecule has 174 valence electrons. The molecule has 2 aromatic rings. The molecule has 32 heavy (non-hydrogen) atoms. The van der Waals surface area contributed by atoms with Gasteiger partial charge in [-0.15, -0.1) is 0 Å². The van der Waals surface area contributed by atoms with E-state index in [1.54, 1.807) is 6.92 Å². The average molecular weight is 498 g/mol. The van der Waals surface area contributed by atoms with Crippen molar-refractivity contribution in [2.24, 2.45) is 10.9 Å². The molecule has 0 radical (unpaired) electrons. The van der Waals surface area contributed by atoms with E-state index in [4.69, 9.17) is 38.5 Å². The van der Waals surface area contributed by atoms with Gasteiger partial charge in [0.05, 0.1) is 16.5 Å². The molecule has 1 atom stereocenters. The van der Waals surface area contributed by atoms with Crippen LogP contribution in [0.25, 0.3) is 0 Å². The predicted octanol–water partition coefficient (Wildman–Crippen LogP) is 5.72. The molecule has 2 aromatic carbocycles. The zero-order chi connectivity index (χ0) is 23.7. The highest BCUT2D eigenvalue weighted by molar-refractivity contribution is 6.35. The van der Waals surface area contributed by atoms with Gasteiger partial charge in [0.25, 0.3) is 5.60 Å². The number of anilines is 1. The van der Waals surface area contributed by atoms with Gasteiger partial charge in [0.1, 0.15) is 12.5 Å². The van der Waals surface area contributed by atoms with E-state index in [9.17, 15) is 22.0 Å². The molecule has 5 nitrogen and oxygen atoms in total. The highest BCUT2D eigenvalue weighted by atomic mass is 35.5. The lowest BCUT2D eigenvalue weighted by molar-refractivity contribution is -0.275. The van der Waals surface area contributed by atoms with Gasteiger partial charge in [0.2, 0.25) is 0 Å². The van der Waals surface area contributed by atoms with E-state index in [1.165, 1.54) is 17.0 Å². The van der Waals surface area contributed by atoms with Crippen LogP contribution in [0.1, 0.15) is 24.5 Å². The number of hydrogen-bond donors (Lipinski definition) is 1. The Labute approximate surface area is 190 Å². The molecule has 0 bridgehead atoms. The Morgan fingerprint density at radius 1 is 1.19 bits per heavy atom. The summed E-state index contributed by atoms with van der Waals surface area (Å²) in [5.74, 6) is -1.76. The van der Waals surface area contributed by atoms with Gasteiger partial charge in [0.15, 0.2) is 11.7 Å². The van der Waals surface area contributed by atoms with E-state index in [0.29, 0.717) is 5.69 Å². The van der Waals surface area contributed by atoms with Crippen LogP contribution < -0.4 is 10.6 Å². The minimum atomic E-state index is -4.97. The molecule has 0 fully saturated rings. The monoisotopic (exact) mass is 497 g/mol. The summed E-state index contributed by atoms with van der Waals surface area (Å²) < 4.78 is 75.8. The third kappa shape index (κ3) is 4.50. The van der Waals surface area contributed by atoms with Gasteiger partial charge in [0, 0.05) is 30.0 Å². The summed E-state index contributed by atoms with van der Waals surface area (Å²) in [5.41, 5.74) is 2.51. The molecule has 0 aliphatic carbocycles. The van der Waals surface area contributed by atoms with Crippen LogP contribution in [0.3, 0.4) is 0 Å². The first-order valence-electron chi connectivity index (χ1n) is 9.34. The molecule has 2 N–H and O–H groups in total. The minimum Gasteiger partial charge on any atom is -0.372 e. The fourth-order valence-corrected chi connectivity index (χ4v) is 3.67. The molecule has 1 unspecified atom stereocenters. The van der Waals surface area contributed by atoms with Crippen molar-refractivity contribution in [3.05, 3.63) is 63.1 Å². The highest BCUT2D eigenvalue weighted by Crippen LogP contribution is 2.50. The van der Waals surface area contributed by atoms with Gasteiger partial charge in [-0.1, -0.05) is 28.4 Å². The molecule has 0 aromatic heterocycles. The van der Waals surface area contributed by atoms with Crippen molar-refractivity contribution in [2.45, 2.75) is 31.7 Å². The summed E-state index contributed by atoms with van der Waals surface area (Å²) in [7, 11) is 0. The fourth-order valence-electron chi connectivity index (χ4n) is 3.19. The smallest absolute Gasteiger partial charge is 0.372 e. The first kappa shape index (κ1) is 24.5. The lowest BCUT2D eigenvalue weighted by Crippen LogP contribution is -2.44. The number of ether oxygens (including phenoxy) is 1. The number of nitrogens with two attached hydrogens (primary N) is 1. The predicted molar refractivity (Wildman–Crippen MR) is 111 cm³/mol. The molecule has 3 rings (SSSR count). The van der Waals surface area contributed by atoms with E-state index in [1.807, 2.05) is 0 Å². The third-order valence-corrected chi connectivity index (χ3v) is 5.47. The largest absolute Gasteiger partial charge is 0.435 e. The summed E-state index contributed by atoms with van der Waals surface area (Å²) in [5, 5.41) is 2.47. The van der Waals surface area contributed by atoms with Crippen molar-refractivity contribution in [3.8, 4) is 0 Å². The summed E-state index contributed by atoms with van der Waals surface area (Å²) in [4.78, 5) is 6.25. The number of oxime groups is 1. The van der Waals surface area contributed by atoms with Crippen molar-refractivity contribution in [1.82, 2.24) is 0 Å². The fraction of sp³-hybridized carbons (Fsp3) is 0.350. The van der Waals surface area contributed by atoms with Crippen LogP contribution in [-0.4, -0.2) is 25.3 Å². The molecule has 0 saturated heterocycles. The Balaban J connectivity index is 2.04. The molecule has 0 spiro atoms. The van der Waals surface area contributed by atoms with Gasteiger partial charge in [-0.05, 0) is 37.3 Å². The Morgan fingerprint density at radius 2 is 1.84 bits per heavy atom. The zero-order valence-electron chi connectivity index (χ0n) is 16.6. The summed E-state index contributed by atoms with van der Waals surface area (Å²) in [6.07, 6.45) is -5.76. The van der Waals surface area contributed by atoms with Crippen molar-refractivity contribution in [2.75, 3.05) is 18.2 Å². The highest BCUT2D eigenvalue weighted by Gasteiger charge is 2.63. The van der Waals surface area contributed by atoms with Crippen molar-refractivity contribution >= 4 is 34.7 Å². The Morgan fingerprint density at radius 3 is 2.41 bits per heavy atom. The van der Waals surface area contributed by atoms with Crippen molar-refractivity contribution < 1.29 is 31.5 Å². The van der Waals surface area contributed by atoms with Gasteiger partial charge in [-0.3, -0.25) is 0 Å². The second-order valence-electron chi connectivity index (χ2n) is 6.88. The van der Waals surface area contributed by atoms with Gasteiger partial charge in [-0.2, -0.15) is 13.2 Å². The number of benzene rings is 2. The normalized spacial score (nSPS) is 18.5. The van der Waals surface area contributed by atoms with Crippen molar-refractivity contribution in [1.29, 1.82) is 0 Å². The van der Waals surface area contributed by atoms with Crippen LogP contribution in [0, 0.1) is 11.6 Å². The number of hydrogen-bond acceptors (Lipinski definition) is 5. The molecular formula is C20H18Cl2F5N3O2. The Hall–Kier alpha value is -2.14. The molecular weight excluding hydrogens is 480 g/mol. The first-order valence-corrected chi connectivity index (χ1v) is 10.1.